The zero-order chi connectivity index (χ0) is 15.9. The summed E-state index contributed by atoms with van der Waals surface area (Å²) in [4.78, 5) is 18.2. The maximum atomic E-state index is 13.0. The molecule has 2 rings (SSSR count). The topological polar surface area (TPSA) is 45.2 Å². The van der Waals surface area contributed by atoms with E-state index in [-0.39, 0.29) is 11.7 Å². The number of benzene rings is 1. The van der Waals surface area contributed by atoms with Gasteiger partial charge in [-0.2, -0.15) is 0 Å². The molecule has 4 nitrogen and oxygen atoms in total. The molecule has 0 aliphatic carbocycles. The molecule has 22 heavy (non-hydrogen) atoms. The van der Waals surface area contributed by atoms with E-state index in [1.54, 1.807) is 24.5 Å². The maximum Gasteiger partial charge on any atom is 0.241 e. The highest BCUT2D eigenvalue weighted by atomic mass is 19.1. The fourth-order valence-corrected chi connectivity index (χ4v) is 2.31. The second kappa shape index (κ2) is 7.66. The molecule has 1 aromatic heterocycles. The maximum absolute atomic E-state index is 13.0. The first kappa shape index (κ1) is 16.1. The van der Waals surface area contributed by atoms with Crippen LogP contribution in [0, 0.1) is 5.82 Å². The first-order valence-corrected chi connectivity index (χ1v) is 7.16. The number of hydrogen-bond acceptors (Lipinski definition) is 3. The van der Waals surface area contributed by atoms with Gasteiger partial charge in [0.1, 0.15) is 11.9 Å². The number of hydrogen-bond donors (Lipinski definition) is 1. The highest BCUT2D eigenvalue weighted by molar-refractivity contribution is 5.83. The zero-order valence-electron chi connectivity index (χ0n) is 12.8. The smallest absolute Gasteiger partial charge is 0.241 e. The minimum absolute atomic E-state index is 0.0920. The number of carbonyl (C=O) groups is 1. The van der Waals surface area contributed by atoms with Gasteiger partial charge in [-0.1, -0.05) is 12.1 Å². The van der Waals surface area contributed by atoms with Gasteiger partial charge >= 0.3 is 0 Å². The molecule has 0 aliphatic heterocycles. The molecule has 0 spiro atoms. The van der Waals surface area contributed by atoms with E-state index in [4.69, 9.17) is 0 Å². The van der Waals surface area contributed by atoms with Crippen molar-refractivity contribution < 1.29 is 9.18 Å². The van der Waals surface area contributed by atoms with Gasteiger partial charge in [0, 0.05) is 18.9 Å². The molecule has 1 amide bonds. The largest absolute Gasteiger partial charge is 0.354 e. The van der Waals surface area contributed by atoms with Crippen LogP contribution in [0.2, 0.25) is 0 Å². The fourth-order valence-electron chi connectivity index (χ4n) is 2.31. The standard InChI is InChI=1S/C17H20FN3O/c1-21(2)16(14-3-5-15(18)6-4-14)17(22)20-12-9-13-7-10-19-11-8-13/h3-8,10-11,16H,9,12H2,1-2H3,(H,20,22)/t16-/m0/s1. The van der Waals surface area contributed by atoms with Gasteiger partial charge in [-0.05, 0) is 55.9 Å². The number of halogens is 1. The molecule has 1 N–H and O–H groups in total. The van der Waals surface area contributed by atoms with E-state index in [0.29, 0.717) is 6.54 Å². The number of carbonyl (C=O) groups excluding carboxylic acids is 1. The van der Waals surface area contributed by atoms with Crippen LogP contribution < -0.4 is 5.32 Å². The minimum atomic E-state index is -0.432. The van der Waals surface area contributed by atoms with Crippen molar-refractivity contribution in [2.45, 2.75) is 12.5 Å². The van der Waals surface area contributed by atoms with Crippen molar-refractivity contribution in [2.24, 2.45) is 0 Å². The Morgan fingerprint density at radius 2 is 1.82 bits per heavy atom. The Balaban J connectivity index is 1.97. The number of amides is 1. The van der Waals surface area contributed by atoms with Crippen LogP contribution in [0.5, 0.6) is 0 Å². The van der Waals surface area contributed by atoms with Crippen LogP contribution in [-0.4, -0.2) is 36.4 Å². The third-order valence-corrected chi connectivity index (χ3v) is 3.41. The van der Waals surface area contributed by atoms with Crippen LogP contribution in [0.15, 0.2) is 48.8 Å². The number of nitrogens with zero attached hydrogens (tertiary/aromatic N) is 2. The normalized spacial score (nSPS) is 12.2. The molecule has 0 aliphatic rings. The van der Waals surface area contributed by atoms with Crippen molar-refractivity contribution >= 4 is 5.91 Å². The Bertz CT molecular complexity index is 599. The van der Waals surface area contributed by atoms with Gasteiger partial charge in [0.25, 0.3) is 0 Å². The lowest BCUT2D eigenvalue weighted by molar-refractivity contribution is -0.125. The van der Waals surface area contributed by atoms with E-state index in [1.165, 1.54) is 12.1 Å². The summed E-state index contributed by atoms with van der Waals surface area (Å²) in [6.45, 7) is 0.550. The van der Waals surface area contributed by atoms with Crippen LogP contribution in [0.3, 0.4) is 0 Å². The van der Waals surface area contributed by atoms with Crippen molar-refractivity contribution in [3.8, 4) is 0 Å². The van der Waals surface area contributed by atoms with Crippen molar-refractivity contribution in [1.82, 2.24) is 15.2 Å². The van der Waals surface area contributed by atoms with E-state index < -0.39 is 6.04 Å². The second-order valence-corrected chi connectivity index (χ2v) is 5.31. The van der Waals surface area contributed by atoms with Gasteiger partial charge in [0.15, 0.2) is 0 Å². The van der Waals surface area contributed by atoms with E-state index >= 15 is 0 Å². The summed E-state index contributed by atoms with van der Waals surface area (Å²) in [5.41, 5.74) is 1.89. The van der Waals surface area contributed by atoms with Crippen LogP contribution in [0.25, 0.3) is 0 Å². The molecule has 1 heterocycles. The monoisotopic (exact) mass is 301 g/mol. The number of pyridine rings is 1. The average molecular weight is 301 g/mol. The molecule has 0 saturated heterocycles. The van der Waals surface area contributed by atoms with Crippen molar-refractivity contribution in [2.75, 3.05) is 20.6 Å². The zero-order valence-corrected chi connectivity index (χ0v) is 12.8. The summed E-state index contributed by atoms with van der Waals surface area (Å²) >= 11 is 0. The Hall–Kier alpha value is -2.27. The SMILES string of the molecule is CN(C)[C@H](C(=O)NCCc1ccncc1)c1ccc(F)cc1. The van der Waals surface area contributed by atoms with Gasteiger partial charge < -0.3 is 5.32 Å². The average Bonchev–Trinajstić information content (AvgIpc) is 2.50. The predicted octanol–water partition coefficient (Wildman–Crippen LogP) is 2.18. The molecule has 116 valence electrons. The molecule has 1 aromatic carbocycles. The summed E-state index contributed by atoms with van der Waals surface area (Å²) in [6.07, 6.45) is 4.22. The van der Waals surface area contributed by atoms with Crippen molar-refractivity contribution in [3.63, 3.8) is 0 Å². The molecule has 0 bridgehead atoms. The Labute approximate surface area is 130 Å². The Kier molecular flexibility index (Phi) is 5.61. The first-order valence-electron chi connectivity index (χ1n) is 7.16. The van der Waals surface area contributed by atoms with Crippen molar-refractivity contribution in [1.29, 1.82) is 0 Å². The van der Waals surface area contributed by atoms with Crippen LogP contribution >= 0.6 is 0 Å². The second-order valence-electron chi connectivity index (χ2n) is 5.31. The predicted molar refractivity (Wildman–Crippen MR) is 83.8 cm³/mol. The lowest BCUT2D eigenvalue weighted by atomic mass is 10.0. The molecule has 0 unspecified atom stereocenters. The van der Waals surface area contributed by atoms with Gasteiger partial charge in [-0.15, -0.1) is 0 Å². The number of likely N-dealkylation sites (N-methyl/N-ethyl adjacent to an activating group) is 1. The third-order valence-electron chi connectivity index (χ3n) is 3.41. The van der Waals surface area contributed by atoms with Gasteiger partial charge in [-0.3, -0.25) is 14.7 Å². The summed E-state index contributed by atoms with van der Waals surface area (Å²) < 4.78 is 13.0. The van der Waals surface area contributed by atoms with Crippen LogP contribution in [-0.2, 0) is 11.2 Å². The molecule has 5 heteroatoms. The number of nitrogens with one attached hydrogen (secondary N) is 1. The molecular weight excluding hydrogens is 281 g/mol. The quantitative estimate of drug-likeness (QED) is 0.889. The third kappa shape index (κ3) is 4.36. The lowest BCUT2D eigenvalue weighted by Gasteiger charge is -2.23. The minimum Gasteiger partial charge on any atom is -0.354 e. The van der Waals surface area contributed by atoms with Crippen LogP contribution in [0.1, 0.15) is 17.2 Å². The molecule has 0 radical (unpaired) electrons. The van der Waals surface area contributed by atoms with E-state index in [1.807, 2.05) is 31.1 Å². The van der Waals surface area contributed by atoms with E-state index in [0.717, 1.165) is 17.5 Å². The van der Waals surface area contributed by atoms with E-state index in [9.17, 15) is 9.18 Å². The summed E-state index contributed by atoms with van der Waals surface area (Å²) in [5, 5.41) is 2.93. The highest BCUT2D eigenvalue weighted by Gasteiger charge is 2.22. The molecular formula is C17H20FN3O. The Morgan fingerprint density at radius 1 is 1.18 bits per heavy atom. The molecule has 0 saturated carbocycles. The van der Waals surface area contributed by atoms with E-state index in [2.05, 4.69) is 10.3 Å². The van der Waals surface area contributed by atoms with Gasteiger partial charge in [-0.25, -0.2) is 4.39 Å². The summed E-state index contributed by atoms with van der Waals surface area (Å²) in [6, 6.07) is 9.44. The van der Waals surface area contributed by atoms with Gasteiger partial charge in [0.05, 0.1) is 0 Å². The fraction of sp³-hybridized carbons (Fsp3) is 0.294. The highest BCUT2D eigenvalue weighted by Crippen LogP contribution is 2.18. The lowest BCUT2D eigenvalue weighted by Crippen LogP contribution is -2.37. The van der Waals surface area contributed by atoms with Gasteiger partial charge in [0.2, 0.25) is 5.91 Å². The molecule has 1 atom stereocenters. The molecule has 0 fully saturated rings. The van der Waals surface area contributed by atoms with Crippen LogP contribution in [0.4, 0.5) is 4.39 Å². The summed E-state index contributed by atoms with van der Waals surface area (Å²) in [7, 11) is 3.66. The Morgan fingerprint density at radius 3 is 2.41 bits per heavy atom. The first-order chi connectivity index (χ1) is 10.6. The number of aromatic nitrogens is 1. The molecule has 2 aromatic rings. The summed E-state index contributed by atoms with van der Waals surface area (Å²) in [5.74, 6) is -0.398. The number of rotatable bonds is 6. The van der Waals surface area contributed by atoms with Crippen molar-refractivity contribution in [3.05, 3.63) is 65.7 Å².